The lowest BCUT2D eigenvalue weighted by atomic mass is 10.2. The molecule has 2 N–H and O–H groups in total. The number of fused-ring (bicyclic) bond motifs is 1. The Morgan fingerprint density at radius 2 is 1.70 bits per heavy atom. The van der Waals surface area contributed by atoms with E-state index < -0.39 is 11.7 Å². The summed E-state index contributed by atoms with van der Waals surface area (Å²) >= 11 is 0. The summed E-state index contributed by atoms with van der Waals surface area (Å²) in [5.74, 6) is 0.223. The van der Waals surface area contributed by atoms with Crippen LogP contribution in [0.15, 0.2) is 36.9 Å². The summed E-state index contributed by atoms with van der Waals surface area (Å²) in [4.78, 5) is 11.9. The molecule has 0 unspecified atom stereocenters. The summed E-state index contributed by atoms with van der Waals surface area (Å²) in [7, 11) is 0. The summed E-state index contributed by atoms with van der Waals surface area (Å²) in [6.07, 6.45) is -1.64. The molecule has 0 saturated carbocycles. The van der Waals surface area contributed by atoms with E-state index in [0.29, 0.717) is 16.9 Å². The van der Waals surface area contributed by atoms with Gasteiger partial charge in [0.25, 0.3) is 0 Å². The Hall–Kier alpha value is -2.64. The molecule has 3 rings (SSSR count). The average Bonchev–Trinajstić information content (AvgIpc) is 2.83. The number of alkyl halides is 3. The first-order chi connectivity index (χ1) is 9.47. The third kappa shape index (κ3) is 1.94. The van der Waals surface area contributed by atoms with Gasteiger partial charge in [0.15, 0.2) is 17.0 Å². The van der Waals surface area contributed by atoms with Crippen LogP contribution < -0.4 is 5.73 Å². The highest BCUT2D eigenvalue weighted by molar-refractivity contribution is 5.82. The van der Waals surface area contributed by atoms with Crippen LogP contribution in [0.3, 0.4) is 0 Å². The van der Waals surface area contributed by atoms with Gasteiger partial charge in [0.05, 0.1) is 5.56 Å². The molecule has 0 saturated heterocycles. The van der Waals surface area contributed by atoms with Crippen LogP contribution in [-0.2, 0) is 6.18 Å². The number of hydrogen-bond donors (Lipinski definition) is 1. The molecule has 8 heteroatoms. The van der Waals surface area contributed by atoms with Crippen molar-refractivity contribution < 1.29 is 13.2 Å². The number of anilines is 1. The third-order valence-corrected chi connectivity index (χ3v) is 2.83. The highest BCUT2D eigenvalue weighted by Gasteiger charge is 2.30. The monoisotopic (exact) mass is 279 g/mol. The number of aromatic nitrogens is 4. The zero-order valence-electron chi connectivity index (χ0n) is 9.96. The van der Waals surface area contributed by atoms with Crippen molar-refractivity contribution in [3.8, 4) is 5.69 Å². The van der Waals surface area contributed by atoms with Gasteiger partial charge < -0.3 is 5.73 Å². The van der Waals surface area contributed by atoms with Gasteiger partial charge in [-0.2, -0.15) is 13.2 Å². The van der Waals surface area contributed by atoms with Crippen molar-refractivity contribution >= 4 is 17.0 Å². The molecule has 20 heavy (non-hydrogen) atoms. The molecule has 0 amide bonds. The fourth-order valence-electron chi connectivity index (χ4n) is 1.85. The van der Waals surface area contributed by atoms with E-state index in [9.17, 15) is 13.2 Å². The lowest BCUT2D eigenvalue weighted by Gasteiger charge is -2.08. The van der Waals surface area contributed by atoms with Gasteiger partial charge in [-0.25, -0.2) is 15.0 Å². The maximum absolute atomic E-state index is 12.5. The Morgan fingerprint density at radius 1 is 1.00 bits per heavy atom. The van der Waals surface area contributed by atoms with Crippen molar-refractivity contribution in [1.29, 1.82) is 0 Å². The Bertz CT molecular complexity index is 761. The normalized spacial score (nSPS) is 11.9. The summed E-state index contributed by atoms with van der Waals surface area (Å²) in [6.45, 7) is 0. The number of rotatable bonds is 1. The molecule has 0 aliphatic carbocycles. The van der Waals surface area contributed by atoms with E-state index in [1.54, 1.807) is 4.57 Å². The second-order valence-corrected chi connectivity index (χ2v) is 4.09. The average molecular weight is 279 g/mol. The van der Waals surface area contributed by atoms with Gasteiger partial charge in [-0.15, -0.1) is 0 Å². The van der Waals surface area contributed by atoms with Gasteiger partial charge in [0.1, 0.15) is 12.7 Å². The molecule has 102 valence electrons. The van der Waals surface area contributed by atoms with Gasteiger partial charge in [0, 0.05) is 5.69 Å². The van der Waals surface area contributed by atoms with E-state index in [2.05, 4.69) is 15.0 Å². The first kappa shape index (κ1) is 12.4. The largest absolute Gasteiger partial charge is 0.416 e. The fraction of sp³-hybridized carbons (Fsp3) is 0.0833. The number of benzene rings is 1. The fourth-order valence-corrected chi connectivity index (χ4v) is 1.85. The molecular weight excluding hydrogens is 271 g/mol. The Morgan fingerprint density at radius 3 is 2.35 bits per heavy atom. The van der Waals surface area contributed by atoms with E-state index in [0.717, 1.165) is 12.1 Å². The second-order valence-electron chi connectivity index (χ2n) is 4.09. The van der Waals surface area contributed by atoms with Gasteiger partial charge in [-0.1, -0.05) is 0 Å². The lowest BCUT2D eigenvalue weighted by Crippen LogP contribution is -2.05. The summed E-state index contributed by atoms with van der Waals surface area (Å²) in [6, 6.07) is 4.71. The molecule has 0 bridgehead atoms. The van der Waals surface area contributed by atoms with E-state index >= 15 is 0 Å². The van der Waals surface area contributed by atoms with Gasteiger partial charge in [-0.3, -0.25) is 4.57 Å². The molecule has 0 fully saturated rings. The maximum Gasteiger partial charge on any atom is 0.416 e. The number of imidazole rings is 1. The molecule has 2 heterocycles. The SMILES string of the molecule is Nc1ncnc2c1ncn2-c1ccc(C(F)(F)F)cc1. The second kappa shape index (κ2) is 4.19. The van der Waals surface area contributed by atoms with E-state index in [1.807, 2.05) is 0 Å². The standard InChI is InChI=1S/C12H8F3N5/c13-12(14,15)7-1-3-8(4-2-7)20-6-19-9-10(16)17-5-18-11(9)20/h1-6H,(H2,16,17,18). The first-order valence-corrected chi connectivity index (χ1v) is 5.58. The molecule has 3 aromatic rings. The lowest BCUT2D eigenvalue weighted by molar-refractivity contribution is -0.137. The first-order valence-electron chi connectivity index (χ1n) is 5.58. The molecule has 2 aromatic heterocycles. The topological polar surface area (TPSA) is 69.6 Å². The molecule has 0 radical (unpaired) electrons. The van der Waals surface area contributed by atoms with Crippen molar-refractivity contribution in [3.05, 3.63) is 42.5 Å². The van der Waals surface area contributed by atoms with Crippen LogP contribution >= 0.6 is 0 Å². The highest BCUT2D eigenvalue weighted by atomic mass is 19.4. The van der Waals surface area contributed by atoms with Gasteiger partial charge in [-0.05, 0) is 24.3 Å². The molecule has 0 aliphatic rings. The Balaban J connectivity index is 2.10. The highest BCUT2D eigenvalue weighted by Crippen LogP contribution is 2.30. The van der Waals surface area contributed by atoms with Crippen molar-refractivity contribution in [2.24, 2.45) is 0 Å². The summed E-state index contributed by atoms with van der Waals surface area (Å²) in [5, 5.41) is 0. The van der Waals surface area contributed by atoms with Crippen LogP contribution in [0.4, 0.5) is 19.0 Å². The number of nitrogens with two attached hydrogens (primary N) is 1. The molecule has 0 spiro atoms. The quantitative estimate of drug-likeness (QED) is 0.742. The minimum Gasteiger partial charge on any atom is -0.382 e. The third-order valence-electron chi connectivity index (χ3n) is 2.83. The minimum absolute atomic E-state index is 0.223. The van der Waals surface area contributed by atoms with E-state index in [-0.39, 0.29) is 5.82 Å². The number of hydrogen-bond acceptors (Lipinski definition) is 4. The zero-order valence-corrected chi connectivity index (χ0v) is 9.96. The summed E-state index contributed by atoms with van der Waals surface area (Å²) in [5.41, 5.74) is 6.31. The van der Waals surface area contributed by atoms with Gasteiger partial charge in [0.2, 0.25) is 0 Å². The van der Waals surface area contributed by atoms with Crippen LogP contribution in [0, 0.1) is 0 Å². The smallest absolute Gasteiger partial charge is 0.382 e. The van der Waals surface area contributed by atoms with Crippen LogP contribution in [0.1, 0.15) is 5.56 Å². The van der Waals surface area contributed by atoms with Crippen LogP contribution in [0.25, 0.3) is 16.9 Å². The molecular formula is C12H8F3N5. The maximum atomic E-state index is 12.5. The molecule has 1 aromatic carbocycles. The summed E-state index contributed by atoms with van der Waals surface area (Å²) < 4.78 is 39.1. The number of halogens is 3. The number of nitrogen functional groups attached to an aromatic ring is 1. The van der Waals surface area contributed by atoms with Crippen molar-refractivity contribution in [3.63, 3.8) is 0 Å². The van der Waals surface area contributed by atoms with Gasteiger partial charge >= 0.3 is 6.18 Å². The van der Waals surface area contributed by atoms with Crippen LogP contribution in [0.5, 0.6) is 0 Å². The van der Waals surface area contributed by atoms with Crippen molar-refractivity contribution in [2.45, 2.75) is 6.18 Å². The van der Waals surface area contributed by atoms with E-state index in [1.165, 1.54) is 24.8 Å². The molecule has 0 atom stereocenters. The van der Waals surface area contributed by atoms with Crippen LogP contribution in [0.2, 0.25) is 0 Å². The number of nitrogens with zero attached hydrogens (tertiary/aromatic N) is 4. The van der Waals surface area contributed by atoms with Crippen molar-refractivity contribution in [1.82, 2.24) is 19.5 Å². The Labute approximate surface area is 110 Å². The Kier molecular flexibility index (Phi) is 2.60. The predicted molar refractivity (Wildman–Crippen MR) is 66.1 cm³/mol. The van der Waals surface area contributed by atoms with Crippen LogP contribution in [-0.4, -0.2) is 19.5 Å². The zero-order chi connectivity index (χ0) is 14.3. The predicted octanol–water partition coefficient (Wildman–Crippen LogP) is 2.42. The van der Waals surface area contributed by atoms with E-state index in [4.69, 9.17) is 5.73 Å². The van der Waals surface area contributed by atoms with Crippen molar-refractivity contribution in [2.75, 3.05) is 5.73 Å². The minimum atomic E-state index is -4.36. The molecule has 0 aliphatic heterocycles. The molecule has 5 nitrogen and oxygen atoms in total.